The van der Waals surface area contributed by atoms with Crippen LogP contribution in [-0.4, -0.2) is 31.6 Å². The smallest absolute Gasteiger partial charge is 0.163 e. The SMILES string of the molecule is CCCCCCCCNCC1COC(C)(C)O1. The average Bonchev–Trinajstić information content (AvgIpc) is 2.62. The van der Waals surface area contributed by atoms with Gasteiger partial charge in [-0.2, -0.15) is 0 Å². The van der Waals surface area contributed by atoms with E-state index in [2.05, 4.69) is 12.2 Å². The summed E-state index contributed by atoms with van der Waals surface area (Å²) in [6.45, 7) is 8.94. The maximum atomic E-state index is 5.72. The second kappa shape index (κ2) is 8.06. The van der Waals surface area contributed by atoms with Crippen molar-refractivity contribution in [1.82, 2.24) is 5.32 Å². The van der Waals surface area contributed by atoms with Crippen molar-refractivity contribution in [2.45, 2.75) is 71.2 Å². The summed E-state index contributed by atoms with van der Waals surface area (Å²) in [5.41, 5.74) is 0. The largest absolute Gasteiger partial charge is 0.348 e. The molecule has 0 aromatic heterocycles. The molecule has 17 heavy (non-hydrogen) atoms. The van der Waals surface area contributed by atoms with E-state index in [1.807, 2.05) is 13.8 Å². The highest BCUT2D eigenvalue weighted by molar-refractivity contribution is 4.72. The predicted octanol–water partition coefficient (Wildman–Crippen LogP) is 3.09. The number of rotatable bonds is 9. The minimum Gasteiger partial charge on any atom is -0.348 e. The molecule has 3 heteroatoms. The van der Waals surface area contributed by atoms with Crippen molar-refractivity contribution >= 4 is 0 Å². The van der Waals surface area contributed by atoms with Crippen LogP contribution in [0.25, 0.3) is 0 Å². The van der Waals surface area contributed by atoms with Gasteiger partial charge in [-0.25, -0.2) is 0 Å². The molecule has 0 aromatic carbocycles. The molecule has 0 radical (unpaired) electrons. The normalized spacial score (nSPS) is 23.1. The first-order chi connectivity index (χ1) is 8.14. The quantitative estimate of drug-likeness (QED) is 0.631. The van der Waals surface area contributed by atoms with Gasteiger partial charge >= 0.3 is 0 Å². The molecule has 1 unspecified atom stereocenters. The Bertz CT molecular complexity index is 195. The van der Waals surface area contributed by atoms with E-state index < -0.39 is 0 Å². The summed E-state index contributed by atoms with van der Waals surface area (Å²) in [6, 6.07) is 0. The Morgan fingerprint density at radius 3 is 2.47 bits per heavy atom. The van der Waals surface area contributed by atoms with Crippen LogP contribution in [0.1, 0.15) is 59.3 Å². The van der Waals surface area contributed by atoms with Crippen LogP contribution in [0.15, 0.2) is 0 Å². The van der Waals surface area contributed by atoms with Gasteiger partial charge in [0.2, 0.25) is 0 Å². The number of nitrogens with one attached hydrogen (secondary N) is 1. The average molecular weight is 243 g/mol. The van der Waals surface area contributed by atoms with E-state index in [4.69, 9.17) is 9.47 Å². The summed E-state index contributed by atoms with van der Waals surface area (Å²) in [5, 5.41) is 3.45. The molecule has 1 rings (SSSR count). The van der Waals surface area contributed by atoms with Gasteiger partial charge in [-0.1, -0.05) is 39.0 Å². The zero-order valence-electron chi connectivity index (χ0n) is 11.8. The van der Waals surface area contributed by atoms with Crippen LogP contribution in [0, 0.1) is 0 Å². The summed E-state index contributed by atoms with van der Waals surface area (Å²) in [5.74, 6) is -0.382. The zero-order valence-corrected chi connectivity index (χ0v) is 11.8. The summed E-state index contributed by atoms with van der Waals surface area (Å²) >= 11 is 0. The van der Waals surface area contributed by atoms with Crippen molar-refractivity contribution in [2.24, 2.45) is 0 Å². The Labute approximate surface area is 106 Å². The maximum absolute atomic E-state index is 5.72. The van der Waals surface area contributed by atoms with E-state index in [1.54, 1.807) is 0 Å². The first-order valence-electron chi connectivity index (χ1n) is 7.16. The predicted molar refractivity (Wildman–Crippen MR) is 71.1 cm³/mol. The Morgan fingerprint density at radius 2 is 1.82 bits per heavy atom. The summed E-state index contributed by atoms with van der Waals surface area (Å²) in [6.07, 6.45) is 8.34. The molecule has 1 heterocycles. The fourth-order valence-electron chi connectivity index (χ4n) is 2.16. The monoisotopic (exact) mass is 243 g/mol. The van der Waals surface area contributed by atoms with Crippen LogP contribution in [0.2, 0.25) is 0 Å². The minimum atomic E-state index is -0.382. The Balaban J connectivity index is 1.85. The molecule has 0 aliphatic carbocycles. The lowest BCUT2D eigenvalue weighted by Crippen LogP contribution is -2.31. The van der Waals surface area contributed by atoms with Gasteiger partial charge in [-0.05, 0) is 26.8 Å². The van der Waals surface area contributed by atoms with Crippen LogP contribution >= 0.6 is 0 Å². The van der Waals surface area contributed by atoms with Gasteiger partial charge in [-0.15, -0.1) is 0 Å². The highest BCUT2D eigenvalue weighted by atomic mass is 16.7. The van der Waals surface area contributed by atoms with E-state index in [9.17, 15) is 0 Å². The van der Waals surface area contributed by atoms with Crippen molar-refractivity contribution < 1.29 is 9.47 Å². The lowest BCUT2D eigenvalue weighted by molar-refractivity contribution is -0.137. The highest BCUT2D eigenvalue weighted by Gasteiger charge is 2.31. The molecular weight excluding hydrogens is 214 g/mol. The lowest BCUT2D eigenvalue weighted by Gasteiger charge is -2.17. The van der Waals surface area contributed by atoms with E-state index in [-0.39, 0.29) is 11.9 Å². The number of hydrogen-bond acceptors (Lipinski definition) is 3. The second-order valence-corrected chi connectivity index (χ2v) is 5.42. The molecule has 1 fully saturated rings. The highest BCUT2D eigenvalue weighted by Crippen LogP contribution is 2.21. The molecule has 3 nitrogen and oxygen atoms in total. The summed E-state index contributed by atoms with van der Waals surface area (Å²) in [4.78, 5) is 0. The number of ether oxygens (including phenoxy) is 2. The Hall–Kier alpha value is -0.120. The van der Waals surface area contributed by atoms with Gasteiger partial charge in [0.05, 0.1) is 12.7 Å². The molecule has 0 spiro atoms. The molecule has 1 aliphatic rings. The molecular formula is C14H29NO2. The molecule has 0 bridgehead atoms. The summed E-state index contributed by atoms with van der Waals surface area (Å²) < 4.78 is 11.2. The van der Waals surface area contributed by atoms with Crippen LogP contribution in [0.4, 0.5) is 0 Å². The number of hydrogen-bond donors (Lipinski definition) is 1. The van der Waals surface area contributed by atoms with Gasteiger partial charge in [0.15, 0.2) is 5.79 Å². The fourth-order valence-corrected chi connectivity index (χ4v) is 2.16. The molecule has 1 N–H and O–H groups in total. The molecule has 1 aliphatic heterocycles. The zero-order chi connectivity index (χ0) is 12.6. The van der Waals surface area contributed by atoms with Crippen LogP contribution in [0.3, 0.4) is 0 Å². The standard InChI is InChI=1S/C14H29NO2/c1-4-5-6-7-8-9-10-15-11-13-12-16-14(2,3)17-13/h13,15H,4-12H2,1-3H3. The van der Waals surface area contributed by atoms with Gasteiger partial charge in [-0.3, -0.25) is 0 Å². The second-order valence-electron chi connectivity index (χ2n) is 5.42. The van der Waals surface area contributed by atoms with E-state index in [0.29, 0.717) is 0 Å². The molecule has 0 saturated carbocycles. The van der Waals surface area contributed by atoms with Gasteiger partial charge in [0, 0.05) is 6.54 Å². The summed E-state index contributed by atoms with van der Waals surface area (Å²) in [7, 11) is 0. The minimum absolute atomic E-state index is 0.227. The van der Waals surface area contributed by atoms with Crippen LogP contribution in [-0.2, 0) is 9.47 Å². The van der Waals surface area contributed by atoms with Crippen LogP contribution in [0.5, 0.6) is 0 Å². The molecule has 1 saturated heterocycles. The van der Waals surface area contributed by atoms with Crippen molar-refractivity contribution in [3.63, 3.8) is 0 Å². The van der Waals surface area contributed by atoms with Gasteiger partial charge in [0.1, 0.15) is 0 Å². The van der Waals surface area contributed by atoms with Crippen molar-refractivity contribution in [3.8, 4) is 0 Å². The third kappa shape index (κ3) is 7.02. The van der Waals surface area contributed by atoms with Crippen molar-refractivity contribution in [1.29, 1.82) is 0 Å². The topological polar surface area (TPSA) is 30.5 Å². The fraction of sp³-hybridized carbons (Fsp3) is 1.00. The van der Waals surface area contributed by atoms with Crippen molar-refractivity contribution in [3.05, 3.63) is 0 Å². The first-order valence-corrected chi connectivity index (χ1v) is 7.16. The third-order valence-corrected chi connectivity index (χ3v) is 3.15. The number of unbranched alkanes of at least 4 members (excludes halogenated alkanes) is 5. The first kappa shape index (κ1) is 14.9. The van der Waals surface area contributed by atoms with Crippen LogP contribution < -0.4 is 5.32 Å². The van der Waals surface area contributed by atoms with E-state index in [0.717, 1.165) is 19.7 Å². The molecule has 1 atom stereocenters. The van der Waals surface area contributed by atoms with E-state index in [1.165, 1.54) is 38.5 Å². The van der Waals surface area contributed by atoms with Crippen molar-refractivity contribution in [2.75, 3.05) is 19.7 Å². The van der Waals surface area contributed by atoms with Gasteiger partial charge in [0.25, 0.3) is 0 Å². The lowest BCUT2D eigenvalue weighted by atomic mass is 10.1. The third-order valence-electron chi connectivity index (χ3n) is 3.15. The molecule has 102 valence electrons. The molecule has 0 amide bonds. The Morgan fingerprint density at radius 1 is 1.12 bits per heavy atom. The molecule has 0 aromatic rings. The maximum Gasteiger partial charge on any atom is 0.163 e. The van der Waals surface area contributed by atoms with E-state index >= 15 is 0 Å². The Kier molecular flexibility index (Phi) is 7.09. The van der Waals surface area contributed by atoms with Gasteiger partial charge < -0.3 is 14.8 Å².